The molecule has 5 nitrogen and oxygen atoms in total. The molecule has 6 heteroatoms. The highest BCUT2D eigenvalue weighted by atomic mass is 32.1. The second kappa shape index (κ2) is 7.42. The average Bonchev–Trinajstić information content (AvgIpc) is 2.49. The summed E-state index contributed by atoms with van der Waals surface area (Å²) in [5.41, 5.74) is 7.18. The molecular formula is C16H17N3O2S. The van der Waals surface area contributed by atoms with E-state index >= 15 is 0 Å². The highest BCUT2D eigenvalue weighted by Crippen LogP contribution is 2.19. The van der Waals surface area contributed by atoms with Crippen LogP contribution in [0.1, 0.15) is 17.3 Å². The van der Waals surface area contributed by atoms with Crippen molar-refractivity contribution >= 4 is 34.6 Å². The Balaban J connectivity index is 2.13. The molecule has 0 aromatic heterocycles. The maximum Gasteiger partial charge on any atom is 0.257 e. The smallest absolute Gasteiger partial charge is 0.257 e. The summed E-state index contributed by atoms with van der Waals surface area (Å²) in [6, 6.07) is 14.2. The first kappa shape index (κ1) is 15.8. The number of nitrogens with two attached hydrogens (primary N) is 1. The molecule has 0 aliphatic carbocycles. The molecule has 0 heterocycles. The van der Waals surface area contributed by atoms with E-state index in [0.717, 1.165) is 5.75 Å². The van der Waals surface area contributed by atoms with Crippen LogP contribution in [0.4, 0.5) is 11.4 Å². The molecule has 22 heavy (non-hydrogen) atoms. The van der Waals surface area contributed by atoms with Crippen molar-refractivity contribution in [1.82, 2.24) is 0 Å². The summed E-state index contributed by atoms with van der Waals surface area (Å²) < 4.78 is 5.36. The van der Waals surface area contributed by atoms with Crippen LogP contribution in [0, 0.1) is 0 Å². The topological polar surface area (TPSA) is 76.4 Å². The maximum atomic E-state index is 12.4. The number of anilines is 2. The fourth-order valence-corrected chi connectivity index (χ4v) is 2.03. The van der Waals surface area contributed by atoms with Crippen LogP contribution in [0.5, 0.6) is 5.75 Å². The van der Waals surface area contributed by atoms with Gasteiger partial charge in [0.25, 0.3) is 5.91 Å². The van der Waals surface area contributed by atoms with E-state index in [1.165, 1.54) is 0 Å². The Morgan fingerprint density at radius 2 is 1.82 bits per heavy atom. The largest absolute Gasteiger partial charge is 0.494 e. The third-order valence-electron chi connectivity index (χ3n) is 2.85. The Morgan fingerprint density at radius 1 is 1.14 bits per heavy atom. The SMILES string of the molecule is CCOc1ccc(NC(=O)c2ccccc2NC(N)=S)cc1. The Bertz CT molecular complexity index is 671. The molecule has 0 unspecified atom stereocenters. The average molecular weight is 315 g/mol. The van der Waals surface area contributed by atoms with Crippen molar-refractivity contribution in [2.75, 3.05) is 17.2 Å². The second-order valence-corrected chi connectivity index (χ2v) is 4.89. The molecule has 1 amide bonds. The number of rotatable bonds is 5. The van der Waals surface area contributed by atoms with Gasteiger partial charge in [0, 0.05) is 5.69 Å². The molecule has 2 rings (SSSR count). The molecule has 0 atom stereocenters. The minimum Gasteiger partial charge on any atom is -0.494 e. The van der Waals surface area contributed by atoms with Gasteiger partial charge in [0.2, 0.25) is 0 Å². The first-order valence-electron chi connectivity index (χ1n) is 6.80. The molecule has 0 spiro atoms. The molecular weight excluding hydrogens is 298 g/mol. The molecule has 0 radical (unpaired) electrons. The molecule has 0 fully saturated rings. The first-order chi connectivity index (χ1) is 10.6. The number of hydrogen-bond donors (Lipinski definition) is 3. The predicted octanol–water partition coefficient (Wildman–Crippen LogP) is 2.99. The van der Waals surface area contributed by atoms with Crippen LogP contribution < -0.4 is 21.1 Å². The lowest BCUT2D eigenvalue weighted by Crippen LogP contribution is -2.22. The number of carbonyl (C=O) groups excluding carboxylic acids is 1. The van der Waals surface area contributed by atoms with E-state index in [9.17, 15) is 4.79 Å². The molecule has 0 saturated heterocycles. The highest BCUT2D eigenvalue weighted by Gasteiger charge is 2.11. The summed E-state index contributed by atoms with van der Waals surface area (Å²) in [6.07, 6.45) is 0. The summed E-state index contributed by atoms with van der Waals surface area (Å²) in [6.45, 7) is 2.52. The van der Waals surface area contributed by atoms with Crippen molar-refractivity contribution in [3.63, 3.8) is 0 Å². The van der Waals surface area contributed by atoms with Crippen molar-refractivity contribution in [2.45, 2.75) is 6.92 Å². The van der Waals surface area contributed by atoms with Gasteiger partial charge in [-0.3, -0.25) is 4.79 Å². The van der Waals surface area contributed by atoms with Gasteiger partial charge >= 0.3 is 0 Å². The van der Waals surface area contributed by atoms with E-state index in [-0.39, 0.29) is 11.0 Å². The second-order valence-electron chi connectivity index (χ2n) is 4.45. The Labute approximate surface area is 134 Å². The van der Waals surface area contributed by atoms with Gasteiger partial charge in [0.05, 0.1) is 17.9 Å². The van der Waals surface area contributed by atoms with Crippen LogP contribution >= 0.6 is 12.2 Å². The van der Waals surface area contributed by atoms with Crippen molar-refractivity contribution < 1.29 is 9.53 Å². The number of hydrogen-bond acceptors (Lipinski definition) is 3. The highest BCUT2D eigenvalue weighted by molar-refractivity contribution is 7.80. The predicted molar refractivity (Wildman–Crippen MR) is 92.4 cm³/mol. The number of nitrogens with one attached hydrogen (secondary N) is 2. The quantitative estimate of drug-likeness (QED) is 0.740. The molecule has 2 aromatic rings. The molecule has 0 aliphatic heterocycles. The van der Waals surface area contributed by atoms with Crippen LogP contribution in [-0.4, -0.2) is 17.6 Å². The fourth-order valence-electron chi connectivity index (χ4n) is 1.92. The van der Waals surface area contributed by atoms with Gasteiger partial charge in [-0.05, 0) is 55.5 Å². The summed E-state index contributed by atoms with van der Waals surface area (Å²) in [7, 11) is 0. The van der Waals surface area contributed by atoms with Gasteiger partial charge in [0.1, 0.15) is 5.75 Å². The lowest BCUT2D eigenvalue weighted by molar-refractivity contribution is 0.102. The minimum absolute atomic E-state index is 0.112. The van der Waals surface area contributed by atoms with Crippen LogP contribution in [-0.2, 0) is 0 Å². The Hall–Kier alpha value is -2.60. The lowest BCUT2D eigenvalue weighted by atomic mass is 10.1. The van der Waals surface area contributed by atoms with Crippen molar-refractivity contribution in [2.24, 2.45) is 5.73 Å². The van der Waals surface area contributed by atoms with Crippen molar-refractivity contribution in [3.05, 3.63) is 54.1 Å². The van der Waals surface area contributed by atoms with Crippen molar-refractivity contribution in [3.8, 4) is 5.75 Å². The summed E-state index contributed by atoms with van der Waals surface area (Å²) in [4.78, 5) is 12.4. The standard InChI is InChI=1S/C16H17N3O2S/c1-2-21-12-9-7-11(8-10-12)18-15(20)13-5-3-4-6-14(13)19-16(17)22/h3-10H,2H2,1H3,(H,18,20)(H3,17,19,22). The Morgan fingerprint density at radius 3 is 2.45 bits per heavy atom. The molecule has 2 aromatic carbocycles. The monoisotopic (exact) mass is 315 g/mol. The van der Waals surface area contributed by atoms with E-state index in [0.29, 0.717) is 23.5 Å². The van der Waals surface area contributed by atoms with Gasteiger partial charge in [-0.25, -0.2) is 0 Å². The molecule has 0 saturated carbocycles. The zero-order chi connectivity index (χ0) is 15.9. The van der Waals surface area contributed by atoms with Crippen LogP contribution in [0.3, 0.4) is 0 Å². The summed E-state index contributed by atoms with van der Waals surface area (Å²) >= 11 is 4.81. The van der Waals surface area contributed by atoms with Gasteiger partial charge in [-0.15, -0.1) is 0 Å². The Kier molecular flexibility index (Phi) is 5.32. The number of amides is 1. The van der Waals surface area contributed by atoms with E-state index in [1.54, 1.807) is 48.5 Å². The number of benzene rings is 2. The molecule has 0 aliphatic rings. The van der Waals surface area contributed by atoms with Crippen molar-refractivity contribution in [1.29, 1.82) is 0 Å². The summed E-state index contributed by atoms with van der Waals surface area (Å²) in [5, 5.41) is 5.73. The molecule has 114 valence electrons. The van der Waals surface area contributed by atoms with E-state index in [4.69, 9.17) is 22.7 Å². The number of para-hydroxylation sites is 1. The van der Waals surface area contributed by atoms with Gasteiger partial charge < -0.3 is 21.1 Å². The van der Waals surface area contributed by atoms with Gasteiger partial charge in [0.15, 0.2) is 5.11 Å². The maximum absolute atomic E-state index is 12.4. The minimum atomic E-state index is -0.247. The lowest BCUT2D eigenvalue weighted by Gasteiger charge is -2.11. The number of carbonyl (C=O) groups is 1. The van der Waals surface area contributed by atoms with E-state index in [2.05, 4.69) is 10.6 Å². The zero-order valence-corrected chi connectivity index (χ0v) is 12.9. The number of ether oxygens (including phenoxy) is 1. The van der Waals surface area contributed by atoms with Crippen LogP contribution in [0.2, 0.25) is 0 Å². The molecule has 4 N–H and O–H groups in total. The summed E-state index contributed by atoms with van der Waals surface area (Å²) in [5.74, 6) is 0.513. The third-order valence-corrected chi connectivity index (χ3v) is 2.95. The van der Waals surface area contributed by atoms with E-state index < -0.39 is 0 Å². The number of thiocarbonyl (C=S) groups is 1. The van der Waals surface area contributed by atoms with Crippen LogP contribution in [0.15, 0.2) is 48.5 Å². The van der Waals surface area contributed by atoms with Gasteiger partial charge in [-0.2, -0.15) is 0 Å². The normalized spacial score (nSPS) is 9.86. The zero-order valence-electron chi connectivity index (χ0n) is 12.1. The van der Waals surface area contributed by atoms with Crippen LogP contribution in [0.25, 0.3) is 0 Å². The van der Waals surface area contributed by atoms with Gasteiger partial charge in [-0.1, -0.05) is 12.1 Å². The fraction of sp³-hybridized carbons (Fsp3) is 0.125. The first-order valence-corrected chi connectivity index (χ1v) is 7.20. The van der Waals surface area contributed by atoms with E-state index in [1.807, 2.05) is 6.92 Å². The third kappa shape index (κ3) is 4.20. The molecule has 0 bridgehead atoms.